The van der Waals surface area contributed by atoms with E-state index in [-0.39, 0.29) is 18.4 Å². The molecule has 0 aliphatic carbocycles. The number of aliphatic carboxylic acids is 1. The largest absolute Gasteiger partial charge is 0.573 e. The molecule has 7 heteroatoms. The Hall–Kier alpha value is -2.05. The van der Waals surface area contributed by atoms with Gasteiger partial charge >= 0.3 is 12.3 Å². The standard InChI is InChI=1S/C11H9F3O4/c12-11(13,14)18-8-3-1-7(2-4-8)9(15)5-6-10(16)17/h1-4H,5-6H2,(H,16,17). The maximum atomic E-state index is 11.9. The Morgan fingerprint density at radius 2 is 1.67 bits per heavy atom. The second-order valence-corrected chi connectivity index (χ2v) is 3.39. The van der Waals surface area contributed by atoms with Crippen molar-refractivity contribution < 1.29 is 32.6 Å². The van der Waals surface area contributed by atoms with E-state index < -0.39 is 23.9 Å². The van der Waals surface area contributed by atoms with Crippen molar-refractivity contribution in [3.8, 4) is 5.75 Å². The summed E-state index contributed by atoms with van der Waals surface area (Å²) >= 11 is 0. The van der Waals surface area contributed by atoms with Crippen molar-refractivity contribution in [2.24, 2.45) is 0 Å². The molecule has 0 spiro atoms. The van der Waals surface area contributed by atoms with Crippen LogP contribution < -0.4 is 4.74 Å². The molecule has 1 rings (SSSR count). The van der Waals surface area contributed by atoms with Crippen LogP contribution in [0.4, 0.5) is 13.2 Å². The lowest BCUT2D eigenvalue weighted by Gasteiger charge is -2.08. The van der Waals surface area contributed by atoms with Crippen molar-refractivity contribution in [3.63, 3.8) is 0 Å². The first kappa shape index (κ1) is 14.0. The van der Waals surface area contributed by atoms with E-state index in [0.717, 1.165) is 24.3 Å². The average Bonchev–Trinajstić information content (AvgIpc) is 2.24. The van der Waals surface area contributed by atoms with Crippen LogP contribution in [0.2, 0.25) is 0 Å². The van der Waals surface area contributed by atoms with Crippen LogP contribution in [0.5, 0.6) is 5.75 Å². The number of rotatable bonds is 5. The fourth-order valence-electron chi connectivity index (χ4n) is 1.21. The Morgan fingerprint density at radius 3 is 2.11 bits per heavy atom. The lowest BCUT2D eigenvalue weighted by Crippen LogP contribution is -2.17. The monoisotopic (exact) mass is 262 g/mol. The maximum absolute atomic E-state index is 11.9. The van der Waals surface area contributed by atoms with Crippen molar-refractivity contribution >= 4 is 11.8 Å². The number of carbonyl (C=O) groups excluding carboxylic acids is 1. The zero-order valence-electron chi connectivity index (χ0n) is 9.03. The fourth-order valence-corrected chi connectivity index (χ4v) is 1.21. The Morgan fingerprint density at radius 1 is 1.11 bits per heavy atom. The van der Waals surface area contributed by atoms with Gasteiger partial charge in [0.2, 0.25) is 0 Å². The lowest BCUT2D eigenvalue weighted by molar-refractivity contribution is -0.274. The molecule has 0 unspecified atom stereocenters. The number of carboxylic acids is 1. The van der Waals surface area contributed by atoms with Gasteiger partial charge in [0.1, 0.15) is 5.75 Å². The number of carboxylic acid groups (broad SMARTS) is 1. The number of hydrogen-bond donors (Lipinski definition) is 1. The van der Waals surface area contributed by atoms with Gasteiger partial charge in [-0.3, -0.25) is 9.59 Å². The average molecular weight is 262 g/mol. The van der Waals surface area contributed by atoms with Gasteiger partial charge < -0.3 is 9.84 Å². The van der Waals surface area contributed by atoms with E-state index >= 15 is 0 Å². The van der Waals surface area contributed by atoms with E-state index in [2.05, 4.69) is 4.74 Å². The summed E-state index contributed by atoms with van der Waals surface area (Å²) in [6.07, 6.45) is -5.30. The molecule has 4 nitrogen and oxygen atoms in total. The molecule has 0 radical (unpaired) electrons. The van der Waals surface area contributed by atoms with Crippen molar-refractivity contribution in [3.05, 3.63) is 29.8 Å². The molecule has 0 fully saturated rings. The van der Waals surface area contributed by atoms with E-state index in [1.165, 1.54) is 0 Å². The topological polar surface area (TPSA) is 63.6 Å². The summed E-state index contributed by atoms with van der Waals surface area (Å²) in [4.78, 5) is 21.7. The van der Waals surface area contributed by atoms with Gasteiger partial charge in [0.25, 0.3) is 0 Å². The molecule has 0 aliphatic rings. The Bertz CT molecular complexity index is 437. The summed E-state index contributed by atoms with van der Waals surface area (Å²) in [6.45, 7) is 0. The van der Waals surface area contributed by atoms with E-state index in [4.69, 9.17) is 5.11 Å². The van der Waals surface area contributed by atoms with Crippen LogP contribution in [0.25, 0.3) is 0 Å². The molecule has 1 aromatic carbocycles. The van der Waals surface area contributed by atoms with Crippen LogP contribution in [-0.2, 0) is 4.79 Å². The van der Waals surface area contributed by atoms with E-state index in [1.54, 1.807) is 0 Å². The van der Waals surface area contributed by atoms with Gasteiger partial charge in [-0.15, -0.1) is 13.2 Å². The highest BCUT2D eigenvalue weighted by Gasteiger charge is 2.31. The van der Waals surface area contributed by atoms with Crippen molar-refractivity contribution in [2.45, 2.75) is 19.2 Å². The molecule has 0 amide bonds. The van der Waals surface area contributed by atoms with E-state index in [1.807, 2.05) is 0 Å². The van der Waals surface area contributed by atoms with Crippen LogP contribution in [0.3, 0.4) is 0 Å². The second-order valence-electron chi connectivity index (χ2n) is 3.39. The van der Waals surface area contributed by atoms with Crippen LogP contribution in [0.15, 0.2) is 24.3 Å². The number of ketones is 1. The number of ether oxygens (including phenoxy) is 1. The summed E-state index contributed by atoms with van der Waals surface area (Å²) in [5.74, 6) is -1.99. The molecule has 18 heavy (non-hydrogen) atoms. The zero-order chi connectivity index (χ0) is 13.8. The Labute approximate surface area is 100.0 Å². The predicted molar refractivity (Wildman–Crippen MR) is 54.3 cm³/mol. The molecule has 0 heterocycles. The summed E-state index contributed by atoms with van der Waals surface area (Å²) in [7, 11) is 0. The Balaban J connectivity index is 2.65. The van der Waals surface area contributed by atoms with Crippen molar-refractivity contribution in [2.75, 3.05) is 0 Å². The summed E-state index contributed by atoms with van der Waals surface area (Å²) in [5.41, 5.74) is 0.144. The molecule has 1 aromatic rings. The van der Waals surface area contributed by atoms with Gasteiger partial charge in [-0.05, 0) is 24.3 Å². The zero-order valence-corrected chi connectivity index (χ0v) is 9.03. The summed E-state index contributed by atoms with van der Waals surface area (Å²) < 4.78 is 39.2. The van der Waals surface area contributed by atoms with Crippen LogP contribution in [0, 0.1) is 0 Å². The lowest BCUT2D eigenvalue weighted by atomic mass is 10.1. The third kappa shape index (κ3) is 4.86. The first-order valence-electron chi connectivity index (χ1n) is 4.89. The predicted octanol–water partition coefficient (Wildman–Crippen LogP) is 2.63. The van der Waals surface area contributed by atoms with E-state index in [0.29, 0.717) is 0 Å². The van der Waals surface area contributed by atoms with Crippen molar-refractivity contribution in [1.82, 2.24) is 0 Å². The van der Waals surface area contributed by atoms with Crippen LogP contribution >= 0.6 is 0 Å². The number of hydrogen-bond acceptors (Lipinski definition) is 3. The van der Waals surface area contributed by atoms with Gasteiger partial charge in [-0.25, -0.2) is 0 Å². The molecule has 0 aliphatic heterocycles. The van der Waals surface area contributed by atoms with Crippen LogP contribution in [0.1, 0.15) is 23.2 Å². The number of carbonyl (C=O) groups is 2. The normalized spacial score (nSPS) is 11.1. The molecule has 0 bridgehead atoms. The third-order valence-electron chi connectivity index (χ3n) is 1.98. The van der Waals surface area contributed by atoms with E-state index in [9.17, 15) is 22.8 Å². The van der Waals surface area contributed by atoms with Gasteiger partial charge in [0.15, 0.2) is 5.78 Å². The fraction of sp³-hybridized carbons (Fsp3) is 0.273. The summed E-state index contributed by atoms with van der Waals surface area (Å²) in [6, 6.07) is 4.32. The van der Waals surface area contributed by atoms with Gasteiger partial charge in [0.05, 0.1) is 6.42 Å². The molecular weight excluding hydrogens is 253 g/mol. The summed E-state index contributed by atoms with van der Waals surface area (Å²) in [5, 5.41) is 8.38. The van der Waals surface area contributed by atoms with Gasteiger partial charge in [-0.1, -0.05) is 0 Å². The van der Waals surface area contributed by atoms with Gasteiger partial charge in [-0.2, -0.15) is 0 Å². The highest BCUT2D eigenvalue weighted by Crippen LogP contribution is 2.23. The molecule has 0 saturated carbocycles. The number of Topliss-reactive ketones (excluding diaryl/α,β-unsaturated/α-hetero) is 1. The highest BCUT2D eigenvalue weighted by molar-refractivity contribution is 5.97. The molecule has 0 atom stereocenters. The molecule has 1 N–H and O–H groups in total. The number of alkyl halides is 3. The minimum Gasteiger partial charge on any atom is -0.481 e. The number of benzene rings is 1. The molecule has 98 valence electrons. The second kappa shape index (κ2) is 5.52. The molecule has 0 saturated heterocycles. The van der Waals surface area contributed by atoms with Gasteiger partial charge in [0, 0.05) is 12.0 Å². The molecule has 0 aromatic heterocycles. The SMILES string of the molecule is O=C(O)CCC(=O)c1ccc(OC(F)(F)F)cc1. The highest BCUT2D eigenvalue weighted by atomic mass is 19.4. The quantitative estimate of drug-likeness (QED) is 0.828. The van der Waals surface area contributed by atoms with Crippen molar-refractivity contribution in [1.29, 1.82) is 0 Å². The minimum absolute atomic E-state index is 0.144. The molecular formula is C11H9F3O4. The Kier molecular flexibility index (Phi) is 4.30. The maximum Gasteiger partial charge on any atom is 0.573 e. The third-order valence-corrected chi connectivity index (χ3v) is 1.98. The number of halogens is 3. The minimum atomic E-state index is -4.78. The van der Waals surface area contributed by atoms with Crippen LogP contribution in [-0.4, -0.2) is 23.2 Å². The first-order chi connectivity index (χ1) is 8.28. The smallest absolute Gasteiger partial charge is 0.481 e. The first-order valence-corrected chi connectivity index (χ1v) is 4.89.